The molecule has 2 aromatic rings. The quantitative estimate of drug-likeness (QED) is 0.543. The van der Waals surface area contributed by atoms with Crippen molar-refractivity contribution in [3.05, 3.63) is 70.5 Å². The summed E-state index contributed by atoms with van der Waals surface area (Å²) in [6.07, 6.45) is 9.35. The summed E-state index contributed by atoms with van der Waals surface area (Å²) in [6.45, 7) is 6.42. The van der Waals surface area contributed by atoms with E-state index in [1.165, 1.54) is 17.7 Å². The number of hydrogen-bond acceptors (Lipinski definition) is 3. The SMILES string of the molecule is C#Cc1cc(CNC(=O)/C=C/c2ccc(C(C)(C)C)cc2)cc(F)c1NS(C)(=O)=O. The lowest BCUT2D eigenvalue weighted by Gasteiger charge is -2.18. The predicted molar refractivity (Wildman–Crippen MR) is 119 cm³/mol. The second-order valence-electron chi connectivity index (χ2n) is 7.94. The Hall–Kier alpha value is -3.11. The first kappa shape index (κ1) is 23.2. The van der Waals surface area contributed by atoms with Gasteiger partial charge in [0, 0.05) is 12.6 Å². The number of benzene rings is 2. The van der Waals surface area contributed by atoms with E-state index in [2.05, 4.69) is 36.7 Å². The van der Waals surface area contributed by atoms with E-state index in [-0.39, 0.29) is 29.1 Å². The van der Waals surface area contributed by atoms with Crippen molar-refractivity contribution in [1.82, 2.24) is 5.32 Å². The van der Waals surface area contributed by atoms with Crippen molar-refractivity contribution in [2.24, 2.45) is 0 Å². The molecule has 7 heteroatoms. The van der Waals surface area contributed by atoms with Gasteiger partial charge in [0.1, 0.15) is 5.82 Å². The van der Waals surface area contributed by atoms with Crippen LogP contribution >= 0.6 is 0 Å². The van der Waals surface area contributed by atoms with Crippen molar-refractivity contribution in [3.63, 3.8) is 0 Å². The standard InChI is InChI=1S/C23H25FN2O3S/c1-6-18-13-17(14-20(24)22(18)26-30(5,28)29)15-25-21(27)12-9-16-7-10-19(11-8-16)23(2,3)4/h1,7-14,26H,15H2,2-5H3,(H,25,27)/b12-9+. The van der Waals surface area contributed by atoms with Gasteiger partial charge in [-0.15, -0.1) is 6.42 Å². The van der Waals surface area contributed by atoms with Crippen LogP contribution in [0.2, 0.25) is 0 Å². The molecule has 5 nitrogen and oxygen atoms in total. The van der Waals surface area contributed by atoms with Crippen LogP contribution in [0.5, 0.6) is 0 Å². The highest BCUT2D eigenvalue weighted by Crippen LogP contribution is 2.23. The van der Waals surface area contributed by atoms with Crippen LogP contribution in [0.15, 0.2) is 42.5 Å². The zero-order valence-electron chi connectivity index (χ0n) is 17.4. The number of carbonyl (C=O) groups is 1. The molecule has 0 aromatic heterocycles. The van der Waals surface area contributed by atoms with Crippen molar-refractivity contribution in [2.75, 3.05) is 11.0 Å². The van der Waals surface area contributed by atoms with E-state index in [4.69, 9.17) is 6.42 Å². The van der Waals surface area contributed by atoms with Crippen molar-refractivity contribution in [3.8, 4) is 12.3 Å². The second-order valence-corrected chi connectivity index (χ2v) is 9.69. The number of rotatable bonds is 6. The summed E-state index contributed by atoms with van der Waals surface area (Å²) < 4.78 is 39.1. The summed E-state index contributed by atoms with van der Waals surface area (Å²) in [5.74, 6) is 1.09. The van der Waals surface area contributed by atoms with Crippen LogP contribution in [-0.4, -0.2) is 20.6 Å². The number of halogens is 1. The topological polar surface area (TPSA) is 75.3 Å². The van der Waals surface area contributed by atoms with E-state index >= 15 is 0 Å². The molecule has 0 radical (unpaired) electrons. The van der Waals surface area contributed by atoms with E-state index in [1.807, 2.05) is 24.3 Å². The molecule has 0 aliphatic carbocycles. The summed E-state index contributed by atoms with van der Waals surface area (Å²) in [7, 11) is -3.68. The largest absolute Gasteiger partial charge is 0.348 e. The van der Waals surface area contributed by atoms with Crippen LogP contribution in [-0.2, 0) is 26.8 Å². The van der Waals surface area contributed by atoms with Gasteiger partial charge in [-0.2, -0.15) is 0 Å². The highest BCUT2D eigenvalue weighted by Gasteiger charge is 2.14. The molecule has 0 atom stereocenters. The van der Waals surface area contributed by atoms with Gasteiger partial charge in [0.2, 0.25) is 15.9 Å². The van der Waals surface area contributed by atoms with Crippen LogP contribution < -0.4 is 10.0 Å². The van der Waals surface area contributed by atoms with Gasteiger partial charge in [-0.3, -0.25) is 9.52 Å². The maximum Gasteiger partial charge on any atom is 0.244 e. The van der Waals surface area contributed by atoms with Crippen LogP contribution in [0.3, 0.4) is 0 Å². The van der Waals surface area contributed by atoms with Crippen molar-refractivity contribution in [2.45, 2.75) is 32.7 Å². The molecule has 2 N–H and O–H groups in total. The molecule has 0 spiro atoms. The first-order chi connectivity index (χ1) is 13.9. The molecule has 30 heavy (non-hydrogen) atoms. The fraction of sp³-hybridized carbons (Fsp3) is 0.261. The van der Waals surface area contributed by atoms with Gasteiger partial charge in [0.05, 0.1) is 17.5 Å². The zero-order chi connectivity index (χ0) is 22.5. The molecular formula is C23H25FN2O3S. The number of anilines is 1. The van der Waals surface area contributed by atoms with Gasteiger partial charge in [-0.25, -0.2) is 12.8 Å². The lowest BCUT2D eigenvalue weighted by molar-refractivity contribution is -0.116. The highest BCUT2D eigenvalue weighted by molar-refractivity contribution is 7.92. The second kappa shape index (κ2) is 9.14. The Morgan fingerprint density at radius 2 is 1.83 bits per heavy atom. The zero-order valence-corrected chi connectivity index (χ0v) is 18.2. The van der Waals surface area contributed by atoms with Crippen molar-refractivity contribution < 1.29 is 17.6 Å². The summed E-state index contributed by atoms with van der Waals surface area (Å²) in [5.41, 5.74) is 2.32. The van der Waals surface area contributed by atoms with E-state index in [0.29, 0.717) is 5.56 Å². The Morgan fingerprint density at radius 3 is 2.37 bits per heavy atom. The van der Waals surface area contributed by atoms with E-state index < -0.39 is 15.8 Å². The Balaban J connectivity index is 2.05. The maximum absolute atomic E-state index is 14.3. The molecule has 158 valence electrons. The average molecular weight is 429 g/mol. The Bertz CT molecular complexity index is 1110. The third-order valence-electron chi connectivity index (χ3n) is 4.26. The Labute approximate surface area is 177 Å². The fourth-order valence-electron chi connectivity index (χ4n) is 2.68. The number of hydrogen-bond donors (Lipinski definition) is 2. The fourth-order valence-corrected chi connectivity index (χ4v) is 3.26. The first-order valence-corrected chi connectivity index (χ1v) is 11.1. The molecule has 0 aliphatic rings. The minimum Gasteiger partial charge on any atom is -0.348 e. The van der Waals surface area contributed by atoms with Gasteiger partial charge in [-0.1, -0.05) is 51.0 Å². The molecule has 0 saturated heterocycles. The normalized spacial score (nSPS) is 11.9. The van der Waals surface area contributed by atoms with Gasteiger partial charge in [-0.05, 0) is 40.3 Å². The summed E-state index contributed by atoms with van der Waals surface area (Å²) >= 11 is 0. The minimum atomic E-state index is -3.68. The van der Waals surface area contributed by atoms with Crippen LogP contribution in [0.4, 0.5) is 10.1 Å². The number of terminal acetylenes is 1. The smallest absolute Gasteiger partial charge is 0.244 e. The van der Waals surface area contributed by atoms with Gasteiger partial charge in [0.15, 0.2) is 0 Å². The predicted octanol–water partition coefficient (Wildman–Crippen LogP) is 3.81. The lowest BCUT2D eigenvalue weighted by Crippen LogP contribution is -2.20. The summed E-state index contributed by atoms with van der Waals surface area (Å²) in [4.78, 5) is 12.1. The minimum absolute atomic E-state index is 0.0386. The molecule has 2 aromatic carbocycles. The van der Waals surface area contributed by atoms with Gasteiger partial charge < -0.3 is 5.32 Å². The monoisotopic (exact) mass is 428 g/mol. The highest BCUT2D eigenvalue weighted by atomic mass is 32.2. The Morgan fingerprint density at radius 1 is 1.20 bits per heavy atom. The molecule has 0 heterocycles. The molecule has 0 unspecified atom stereocenters. The molecule has 2 rings (SSSR count). The molecule has 0 aliphatic heterocycles. The molecule has 0 fully saturated rings. The lowest BCUT2D eigenvalue weighted by atomic mass is 9.87. The Kier molecular flexibility index (Phi) is 7.06. The number of nitrogens with one attached hydrogen (secondary N) is 2. The maximum atomic E-state index is 14.3. The van der Waals surface area contributed by atoms with Gasteiger partial charge in [0.25, 0.3) is 0 Å². The van der Waals surface area contributed by atoms with Crippen molar-refractivity contribution >= 4 is 27.7 Å². The van der Waals surface area contributed by atoms with Crippen LogP contribution in [0.1, 0.15) is 43.0 Å². The molecule has 0 saturated carbocycles. The van der Waals surface area contributed by atoms with Crippen molar-refractivity contribution in [1.29, 1.82) is 0 Å². The van der Waals surface area contributed by atoms with Gasteiger partial charge >= 0.3 is 0 Å². The first-order valence-electron chi connectivity index (χ1n) is 9.22. The van der Waals surface area contributed by atoms with Crippen LogP contribution in [0.25, 0.3) is 6.08 Å². The molecule has 1 amide bonds. The van der Waals surface area contributed by atoms with E-state index in [0.717, 1.165) is 17.9 Å². The number of amides is 1. The van der Waals surface area contributed by atoms with Crippen LogP contribution in [0, 0.1) is 18.2 Å². The number of carbonyl (C=O) groups excluding carboxylic acids is 1. The van der Waals surface area contributed by atoms with E-state index in [9.17, 15) is 17.6 Å². The molecule has 0 bridgehead atoms. The summed E-state index contributed by atoms with van der Waals surface area (Å²) in [5, 5.41) is 2.65. The third-order valence-corrected chi connectivity index (χ3v) is 4.84. The average Bonchev–Trinajstić information content (AvgIpc) is 2.65. The number of sulfonamides is 1. The molecular weight excluding hydrogens is 403 g/mol. The summed E-state index contributed by atoms with van der Waals surface area (Å²) in [6, 6.07) is 10.5. The van der Waals surface area contributed by atoms with E-state index in [1.54, 1.807) is 6.08 Å². The third kappa shape index (κ3) is 6.75.